The van der Waals surface area contributed by atoms with Crippen LogP contribution in [0.3, 0.4) is 0 Å². The molecule has 2 aromatic carbocycles. The van der Waals surface area contributed by atoms with Crippen LogP contribution in [0, 0.1) is 17.2 Å². The highest BCUT2D eigenvalue weighted by Crippen LogP contribution is 2.43. The quantitative estimate of drug-likeness (QED) is 0.277. The Morgan fingerprint density at radius 2 is 2.00 bits per heavy atom. The first-order valence-electron chi connectivity index (χ1n) is 13.4. The van der Waals surface area contributed by atoms with Crippen molar-refractivity contribution in [2.24, 2.45) is 5.92 Å². The highest BCUT2D eigenvalue weighted by Gasteiger charge is 2.31. The summed E-state index contributed by atoms with van der Waals surface area (Å²) in [6, 6.07) is 16.5. The summed E-state index contributed by atoms with van der Waals surface area (Å²) in [5.41, 5.74) is 4.20. The molecule has 4 aromatic rings. The maximum Gasteiger partial charge on any atom is 0.411 e. The van der Waals surface area contributed by atoms with E-state index in [-0.39, 0.29) is 6.10 Å². The Morgan fingerprint density at radius 1 is 1.18 bits per heavy atom. The van der Waals surface area contributed by atoms with Crippen LogP contribution in [-0.4, -0.2) is 32.9 Å². The van der Waals surface area contributed by atoms with E-state index in [1.54, 1.807) is 12.5 Å². The van der Waals surface area contributed by atoms with Crippen molar-refractivity contribution in [1.29, 1.82) is 5.26 Å². The molecule has 0 aliphatic heterocycles. The molecule has 1 N–H and O–H groups in total. The van der Waals surface area contributed by atoms with Gasteiger partial charge >= 0.3 is 6.09 Å². The summed E-state index contributed by atoms with van der Waals surface area (Å²) in [6.07, 6.45) is 10.5. The van der Waals surface area contributed by atoms with Gasteiger partial charge in [0, 0.05) is 35.6 Å². The molecule has 2 heterocycles. The van der Waals surface area contributed by atoms with E-state index in [2.05, 4.69) is 27.0 Å². The van der Waals surface area contributed by atoms with E-state index in [1.165, 1.54) is 6.42 Å². The number of imidazole rings is 1. The molecule has 2 saturated carbocycles. The number of carbonyl (C=O) groups excluding carboxylic acids is 1. The van der Waals surface area contributed by atoms with Crippen molar-refractivity contribution in [1.82, 2.24) is 14.1 Å². The van der Waals surface area contributed by atoms with Crippen LogP contribution in [0.15, 0.2) is 61.2 Å². The van der Waals surface area contributed by atoms with Gasteiger partial charge in [-0.2, -0.15) is 5.26 Å². The lowest BCUT2D eigenvalue weighted by atomic mass is 9.92. The minimum atomic E-state index is -0.431. The number of nitrogens with one attached hydrogen (secondary N) is 1. The fourth-order valence-electron chi connectivity index (χ4n) is 5.18. The molecule has 2 aliphatic carbocycles. The third-order valence-electron chi connectivity index (χ3n) is 7.69. The minimum Gasteiger partial charge on any atom is -0.492 e. The van der Waals surface area contributed by atoms with Gasteiger partial charge in [-0.15, -0.1) is 0 Å². The number of hydrogen-bond acceptors (Lipinski definition) is 5. The molecular formula is C30H31N5O3. The fraction of sp³-hybridized carbons (Fsp3) is 0.367. The van der Waals surface area contributed by atoms with Crippen LogP contribution in [0.25, 0.3) is 22.2 Å². The van der Waals surface area contributed by atoms with Gasteiger partial charge in [-0.3, -0.25) is 5.32 Å². The van der Waals surface area contributed by atoms with Gasteiger partial charge in [0.25, 0.3) is 0 Å². The second-order valence-corrected chi connectivity index (χ2v) is 10.3. The standard InChI is InChI=1S/C30H31N5O3/c1-20(21-5-6-21)38-30(36)33-23-9-7-22(8-10-23)29-27(18-31)26-12-11-25(37-16-15-34-14-13-32-19-34)17-28(26)35(29)24-3-2-4-24/h7-14,17,19-21,24H,2-6,15-16H2,1H3,(H,33,36)/t20-/m1/s1. The van der Waals surface area contributed by atoms with Gasteiger partial charge in [0.05, 0.1) is 29.6 Å². The Morgan fingerprint density at radius 3 is 2.66 bits per heavy atom. The number of carbonyl (C=O) groups is 1. The zero-order valence-corrected chi connectivity index (χ0v) is 21.5. The van der Waals surface area contributed by atoms with Gasteiger partial charge < -0.3 is 18.6 Å². The van der Waals surface area contributed by atoms with Crippen molar-refractivity contribution < 1.29 is 14.3 Å². The van der Waals surface area contributed by atoms with Crippen LogP contribution in [0.4, 0.5) is 10.5 Å². The largest absolute Gasteiger partial charge is 0.492 e. The lowest BCUT2D eigenvalue weighted by Gasteiger charge is -2.30. The van der Waals surface area contributed by atoms with Crippen molar-refractivity contribution >= 4 is 22.7 Å². The van der Waals surface area contributed by atoms with Crippen LogP contribution < -0.4 is 10.1 Å². The highest BCUT2D eigenvalue weighted by atomic mass is 16.6. The first kappa shape index (κ1) is 24.1. The molecule has 38 heavy (non-hydrogen) atoms. The Kier molecular flexibility index (Phi) is 6.50. The van der Waals surface area contributed by atoms with Crippen molar-refractivity contribution in [3.63, 3.8) is 0 Å². The van der Waals surface area contributed by atoms with E-state index in [9.17, 15) is 10.1 Å². The molecule has 1 atom stereocenters. The van der Waals surface area contributed by atoms with Crippen LogP contribution in [-0.2, 0) is 11.3 Å². The number of rotatable bonds is 9. The molecule has 8 nitrogen and oxygen atoms in total. The molecule has 194 valence electrons. The number of nitriles is 1. The Labute approximate surface area is 221 Å². The van der Waals surface area contributed by atoms with Crippen molar-refractivity contribution in [2.75, 3.05) is 11.9 Å². The maximum absolute atomic E-state index is 12.3. The first-order chi connectivity index (χ1) is 18.6. The number of aromatic nitrogens is 3. The Bertz CT molecular complexity index is 1480. The molecular weight excluding hydrogens is 478 g/mol. The van der Waals surface area contributed by atoms with Crippen LogP contribution >= 0.6 is 0 Å². The highest BCUT2D eigenvalue weighted by molar-refractivity contribution is 5.96. The normalized spacial score (nSPS) is 16.0. The molecule has 1 amide bonds. The third kappa shape index (κ3) is 4.84. The number of fused-ring (bicyclic) bond motifs is 1. The number of hydrogen-bond donors (Lipinski definition) is 1. The summed E-state index contributed by atoms with van der Waals surface area (Å²) in [5, 5.41) is 14.0. The summed E-state index contributed by atoms with van der Waals surface area (Å²) >= 11 is 0. The topological polar surface area (TPSA) is 94.1 Å². The monoisotopic (exact) mass is 509 g/mol. The summed E-state index contributed by atoms with van der Waals surface area (Å²) in [6.45, 7) is 3.18. The van der Waals surface area contributed by atoms with Crippen LogP contribution in [0.2, 0.25) is 0 Å². The summed E-state index contributed by atoms with van der Waals surface area (Å²) in [7, 11) is 0. The molecule has 6 rings (SSSR count). The third-order valence-corrected chi connectivity index (χ3v) is 7.69. The molecule has 2 fully saturated rings. The predicted molar refractivity (Wildman–Crippen MR) is 145 cm³/mol. The van der Waals surface area contributed by atoms with Gasteiger partial charge in [-0.25, -0.2) is 9.78 Å². The minimum absolute atomic E-state index is 0.0644. The molecule has 0 radical (unpaired) electrons. The molecule has 2 aromatic heterocycles. The second kappa shape index (κ2) is 10.3. The molecule has 0 spiro atoms. The van der Waals surface area contributed by atoms with Gasteiger partial charge in [-0.1, -0.05) is 12.1 Å². The summed E-state index contributed by atoms with van der Waals surface area (Å²) in [5.74, 6) is 1.27. The average molecular weight is 510 g/mol. The van der Waals surface area contributed by atoms with Crippen molar-refractivity contribution in [2.45, 2.75) is 57.7 Å². The lowest BCUT2D eigenvalue weighted by Crippen LogP contribution is -2.21. The molecule has 0 saturated heterocycles. The smallest absolute Gasteiger partial charge is 0.411 e. The number of ether oxygens (including phenoxy) is 2. The number of amides is 1. The summed E-state index contributed by atoms with van der Waals surface area (Å²) < 4.78 is 15.8. The number of benzene rings is 2. The molecule has 0 unspecified atom stereocenters. The van der Waals surface area contributed by atoms with Gasteiger partial charge in [-0.05, 0) is 74.8 Å². The maximum atomic E-state index is 12.3. The molecule has 0 bridgehead atoms. The SMILES string of the molecule is C[C@@H](OC(=O)Nc1ccc(-c2c(C#N)c3ccc(OCCn4ccnc4)cc3n2C2CCC2)cc1)C1CC1. The number of anilines is 1. The zero-order valence-electron chi connectivity index (χ0n) is 21.5. The van der Waals surface area contributed by atoms with Gasteiger partial charge in [0.1, 0.15) is 24.5 Å². The lowest BCUT2D eigenvalue weighted by molar-refractivity contribution is 0.108. The molecule has 8 heteroatoms. The van der Waals surface area contributed by atoms with Gasteiger partial charge in [0.2, 0.25) is 0 Å². The Balaban J connectivity index is 1.27. The predicted octanol–water partition coefficient (Wildman–Crippen LogP) is 6.53. The van der Waals surface area contributed by atoms with E-state index >= 15 is 0 Å². The van der Waals surface area contributed by atoms with E-state index < -0.39 is 6.09 Å². The average Bonchev–Trinajstić information content (AvgIpc) is 3.53. The Hall–Kier alpha value is -4.25. The first-order valence-corrected chi connectivity index (χ1v) is 13.4. The van der Waals surface area contributed by atoms with E-state index in [1.807, 2.05) is 54.1 Å². The van der Waals surface area contributed by atoms with Crippen molar-refractivity contribution in [3.8, 4) is 23.1 Å². The number of nitrogens with zero attached hydrogens (tertiary/aromatic N) is 4. The van der Waals surface area contributed by atoms with Crippen molar-refractivity contribution in [3.05, 3.63) is 66.7 Å². The van der Waals surface area contributed by atoms with Gasteiger partial charge in [0.15, 0.2) is 0 Å². The summed E-state index contributed by atoms with van der Waals surface area (Å²) in [4.78, 5) is 16.4. The van der Waals surface area contributed by atoms with Crippen LogP contribution in [0.1, 0.15) is 50.6 Å². The molecule has 2 aliphatic rings. The van der Waals surface area contributed by atoms with E-state index in [0.717, 1.165) is 53.6 Å². The van der Waals surface area contributed by atoms with E-state index in [4.69, 9.17) is 9.47 Å². The second-order valence-electron chi connectivity index (χ2n) is 10.3. The fourth-order valence-corrected chi connectivity index (χ4v) is 5.18. The zero-order chi connectivity index (χ0) is 26.1. The van der Waals surface area contributed by atoms with Crippen LogP contribution in [0.5, 0.6) is 5.75 Å². The van der Waals surface area contributed by atoms with E-state index in [0.29, 0.717) is 36.4 Å².